The number of amides is 2. The number of piperazine rings is 1. The highest BCUT2D eigenvalue weighted by atomic mass is 35.5. The lowest BCUT2D eigenvalue weighted by Gasteiger charge is -2.32. The fourth-order valence-corrected chi connectivity index (χ4v) is 5.28. The van der Waals surface area contributed by atoms with Crippen molar-refractivity contribution >= 4 is 52.2 Å². The number of carbonyl (C=O) groups is 3. The molecule has 3 aromatic carbocycles. The molecule has 1 unspecified atom stereocenters. The van der Waals surface area contributed by atoms with Gasteiger partial charge in [0.25, 0.3) is 0 Å². The van der Waals surface area contributed by atoms with Crippen molar-refractivity contribution < 1.29 is 19.5 Å². The first-order valence-corrected chi connectivity index (χ1v) is 13.8. The molecule has 212 valence electrons. The molecule has 2 heterocycles. The average molecular weight is 574 g/mol. The minimum Gasteiger partial charge on any atom is -0.481 e. The van der Waals surface area contributed by atoms with E-state index in [1.165, 1.54) is 0 Å². The Morgan fingerprint density at radius 3 is 2.37 bits per heavy atom. The van der Waals surface area contributed by atoms with Gasteiger partial charge in [0.15, 0.2) is 0 Å². The first-order valence-electron chi connectivity index (χ1n) is 13.5. The number of fused-ring (bicyclic) bond motifs is 1. The smallest absolute Gasteiger partial charge is 0.307 e. The highest BCUT2D eigenvalue weighted by Gasteiger charge is 2.35. The highest BCUT2D eigenvalue weighted by Crippen LogP contribution is 2.38. The van der Waals surface area contributed by atoms with Crippen LogP contribution in [0.3, 0.4) is 0 Å². The number of hydrogen-bond donors (Lipinski definition) is 2. The van der Waals surface area contributed by atoms with Crippen LogP contribution in [0.1, 0.15) is 22.6 Å². The van der Waals surface area contributed by atoms with Crippen LogP contribution in [0.5, 0.6) is 0 Å². The quantitative estimate of drug-likeness (QED) is 0.394. The first kappa shape index (κ1) is 28.5. The van der Waals surface area contributed by atoms with E-state index >= 15 is 0 Å². The summed E-state index contributed by atoms with van der Waals surface area (Å²) in [6.45, 7) is 4.00. The van der Waals surface area contributed by atoms with Crippen LogP contribution in [-0.2, 0) is 20.8 Å². The van der Waals surface area contributed by atoms with Gasteiger partial charge >= 0.3 is 5.97 Å². The molecule has 41 heavy (non-hydrogen) atoms. The van der Waals surface area contributed by atoms with Crippen LogP contribution in [0, 0.1) is 0 Å². The third-order valence-electron chi connectivity index (χ3n) is 7.54. The molecule has 0 aromatic heterocycles. The van der Waals surface area contributed by atoms with Gasteiger partial charge in [-0.2, -0.15) is 0 Å². The molecule has 0 saturated carbocycles. The average Bonchev–Trinajstić information content (AvgIpc) is 3.27. The van der Waals surface area contributed by atoms with Gasteiger partial charge in [0.1, 0.15) is 5.92 Å². The topological polar surface area (TPSA) is 106 Å². The fourth-order valence-electron chi connectivity index (χ4n) is 5.11. The van der Waals surface area contributed by atoms with E-state index in [0.717, 1.165) is 37.4 Å². The number of aliphatic carboxylic acids is 1. The maximum absolute atomic E-state index is 13.2. The number of hydrogen-bond acceptors (Lipinski definition) is 6. The Balaban J connectivity index is 1.42. The molecule has 3 aromatic rings. The van der Waals surface area contributed by atoms with E-state index in [1.54, 1.807) is 48.3 Å². The second-order valence-electron chi connectivity index (χ2n) is 10.5. The standard InChI is InChI=1S/C31H32ClN5O4/c1-35-13-15-37(16-14-35)19-27(38)36(2)24-10-8-23(9-11-24)33-30(21-5-3-20(4-6-21)17-28(39)40)29-25-12-7-22(32)18-26(25)34-31(29)41/h3-12,18,29H,13-17,19H2,1-2H3,(H,34,41)(H,39,40). The SMILES string of the molecule is CN1CCN(CC(=O)N(C)c2ccc(N=C(c3ccc(CC(=O)O)cc3)C3C(=O)Nc4cc(Cl)ccc43)cc2)CC1. The van der Waals surface area contributed by atoms with Crippen molar-refractivity contribution in [2.24, 2.45) is 4.99 Å². The third kappa shape index (κ3) is 6.65. The second kappa shape index (κ2) is 12.2. The van der Waals surface area contributed by atoms with E-state index in [2.05, 4.69) is 22.2 Å². The Morgan fingerprint density at radius 2 is 1.71 bits per heavy atom. The van der Waals surface area contributed by atoms with E-state index in [0.29, 0.717) is 39.8 Å². The van der Waals surface area contributed by atoms with Crippen LogP contribution in [-0.4, -0.2) is 85.2 Å². The molecule has 9 nitrogen and oxygen atoms in total. The van der Waals surface area contributed by atoms with Gasteiger partial charge in [-0.3, -0.25) is 24.3 Å². The largest absolute Gasteiger partial charge is 0.481 e. The summed E-state index contributed by atoms with van der Waals surface area (Å²) in [6.07, 6.45) is -0.0967. The summed E-state index contributed by atoms with van der Waals surface area (Å²) in [5.41, 5.74) is 4.65. The summed E-state index contributed by atoms with van der Waals surface area (Å²) in [5, 5.41) is 12.6. The van der Waals surface area contributed by atoms with Crippen molar-refractivity contribution in [1.82, 2.24) is 9.80 Å². The molecule has 1 fully saturated rings. The van der Waals surface area contributed by atoms with E-state index < -0.39 is 11.9 Å². The van der Waals surface area contributed by atoms with Gasteiger partial charge in [-0.15, -0.1) is 0 Å². The lowest BCUT2D eigenvalue weighted by atomic mass is 9.90. The van der Waals surface area contributed by atoms with Gasteiger partial charge in [-0.1, -0.05) is 41.9 Å². The summed E-state index contributed by atoms with van der Waals surface area (Å²) in [5.74, 6) is -1.80. The van der Waals surface area contributed by atoms with E-state index in [9.17, 15) is 14.4 Å². The maximum Gasteiger partial charge on any atom is 0.307 e. The number of aliphatic imine (C=N–C) groups is 1. The number of anilines is 2. The zero-order chi connectivity index (χ0) is 29.1. The second-order valence-corrected chi connectivity index (χ2v) is 10.9. The molecule has 2 N–H and O–H groups in total. The van der Waals surface area contributed by atoms with Crippen LogP contribution in [0.2, 0.25) is 5.02 Å². The summed E-state index contributed by atoms with van der Waals surface area (Å²) in [4.78, 5) is 48.3. The Hall–Kier alpha value is -4.05. The van der Waals surface area contributed by atoms with Crippen LogP contribution in [0.25, 0.3) is 0 Å². The van der Waals surface area contributed by atoms with Crippen molar-refractivity contribution in [3.63, 3.8) is 0 Å². The van der Waals surface area contributed by atoms with Crippen LogP contribution in [0.4, 0.5) is 17.1 Å². The lowest BCUT2D eigenvalue weighted by molar-refractivity contribution is -0.136. The lowest BCUT2D eigenvalue weighted by Crippen LogP contribution is -2.48. The van der Waals surface area contributed by atoms with Crippen LogP contribution < -0.4 is 10.2 Å². The maximum atomic E-state index is 13.2. The molecule has 2 aliphatic heterocycles. The molecule has 0 aliphatic carbocycles. The number of nitrogens with one attached hydrogen (secondary N) is 1. The van der Waals surface area contributed by atoms with Crippen molar-refractivity contribution in [1.29, 1.82) is 0 Å². The van der Waals surface area contributed by atoms with Gasteiger partial charge in [-0.25, -0.2) is 0 Å². The number of carboxylic acid groups (broad SMARTS) is 1. The van der Waals surface area contributed by atoms with E-state index in [-0.39, 0.29) is 18.2 Å². The normalized spacial score (nSPS) is 17.7. The van der Waals surface area contributed by atoms with Crippen molar-refractivity contribution in [2.75, 3.05) is 57.0 Å². The van der Waals surface area contributed by atoms with Gasteiger partial charge < -0.3 is 20.2 Å². The summed E-state index contributed by atoms with van der Waals surface area (Å²) in [6, 6.07) is 19.7. The van der Waals surface area contributed by atoms with Gasteiger partial charge in [0.05, 0.1) is 24.4 Å². The number of likely N-dealkylation sites (N-methyl/N-ethyl adjacent to an activating group) is 2. The molecule has 2 amide bonds. The number of benzene rings is 3. The fraction of sp³-hybridized carbons (Fsp3) is 0.290. The molecule has 1 saturated heterocycles. The zero-order valence-corrected chi connectivity index (χ0v) is 23.8. The molecule has 0 bridgehead atoms. The molecule has 5 rings (SSSR count). The molecule has 0 radical (unpaired) electrons. The number of carbonyl (C=O) groups excluding carboxylic acids is 2. The van der Waals surface area contributed by atoms with Crippen LogP contribution >= 0.6 is 11.6 Å². The molecule has 2 aliphatic rings. The van der Waals surface area contributed by atoms with Gasteiger partial charge in [0, 0.05) is 49.6 Å². The van der Waals surface area contributed by atoms with Gasteiger partial charge in [-0.05, 0) is 60.1 Å². The zero-order valence-electron chi connectivity index (χ0n) is 23.0. The van der Waals surface area contributed by atoms with Gasteiger partial charge in [0.2, 0.25) is 11.8 Å². The Labute approximate surface area is 244 Å². The molecular weight excluding hydrogens is 542 g/mol. The highest BCUT2D eigenvalue weighted by molar-refractivity contribution is 6.31. The first-order chi connectivity index (χ1) is 19.7. The van der Waals surface area contributed by atoms with Crippen LogP contribution in [0.15, 0.2) is 71.7 Å². The minimum atomic E-state index is -0.917. The predicted octanol–water partition coefficient (Wildman–Crippen LogP) is 4.03. The molecule has 0 spiro atoms. The molecular formula is C31H32ClN5O4. The number of carboxylic acids is 1. The summed E-state index contributed by atoms with van der Waals surface area (Å²) < 4.78 is 0. The Kier molecular flexibility index (Phi) is 8.49. The Morgan fingerprint density at radius 1 is 1.02 bits per heavy atom. The number of rotatable bonds is 8. The van der Waals surface area contributed by atoms with Crippen molar-refractivity contribution in [3.05, 3.63) is 88.4 Å². The molecule has 1 atom stereocenters. The van der Waals surface area contributed by atoms with E-state index in [4.69, 9.17) is 21.7 Å². The van der Waals surface area contributed by atoms with Crippen molar-refractivity contribution in [2.45, 2.75) is 12.3 Å². The monoisotopic (exact) mass is 573 g/mol. The summed E-state index contributed by atoms with van der Waals surface area (Å²) in [7, 11) is 3.86. The third-order valence-corrected chi connectivity index (χ3v) is 7.78. The number of nitrogens with zero attached hydrogens (tertiary/aromatic N) is 4. The minimum absolute atomic E-state index is 0.0193. The summed E-state index contributed by atoms with van der Waals surface area (Å²) >= 11 is 6.16. The predicted molar refractivity (Wildman–Crippen MR) is 161 cm³/mol. The Bertz CT molecular complexity index is 1480. The van der Waals surface area contributed by atoms with Crippen molar-refractivity contribution in [3.8, 4) is 0 Å². The molecule has 10 heteroatoms. The number of halogens is 1. The van der Waals surface area contributed by atoms with E-state index in [1.807, 2.05) is 30.3 Å².